The van der Waals surface area contributed by atoms with Crippen molar-refractivity contribution in [2.24, 2.45) is 5.92 Å². The molecule has 1 heterocycles. The van der Waals surface area contributed by atoms with E-state index in [9.17, 15) is 9.59 Å². The van der Waals surface area contributed by atoms with Crippen molar-refractivity contribution in [3.05, 3.63) is 59.7 Å². The fourth-order valence-corrected chi connectivity index (χ4v) is 6.06. The van der Waals surface area contributed by atoms with E-state index in [1.807, 2.05) is 0 Å². The van der Waals surface area contributed by atoms with Crippen LogP contribution in [0, 0.1) is 5.92 Å². The highest BCUT2D eigenvalue weighted by Crippen LogP contribution is 2.26. The van der Waals surface area contributed by atoms with Gasteiger partial charge in [-0.05, 0) is 99.5 Å². The molecular formula is C34H48N2O4. The molecule has 0 spiro atoms. The summed E-state index contributed by atoms with van der Waals surface area (Å²) in [6.07, 6.45) is 13.6. The third-order valence-electron chi connectivity index (χ3n) is 8.44. The number of nitrogens with one attached hydrogen (secondary N) is 1. The maximum atomic E-state index is 12.9. The quantitative estimate of drug-likeness (QED) is 0.189. The molecule has 1 aliphatic carbocycles. The fraction of sp³-hybridized carbons (Fsp3) is 0.588. The predicted molar refractivity (Wildman–Crippen MR) is 160 cm³/mol. The Bertz CT molecular complexity index is 1020. The number of ketones is 1. The number of rotatable bonds is 16. The molecule has 2 aliphatic rings. The molecule has 0 unspecified atom stereocenters. The van der Waals surface area contributed by atoms with Gasteiger partial charge in [-0.3, -0.25) is 9.59 Å². The van der Waals surface area contributed by atoms with E-state index < -0.39 is 0 Å². The highest BCUT2D eigenvalue weighted by Gasteiger charge is 2.20. The van der Waals surface area contributed by atoms with Crippen molar-refractivity contribution in [1.29, 1.82) is 0 Å². The molecule has 2 fully saturated rings. The van der Waals surface area contributed by atoms with Crippen LogP contribution in [0.15, 0.2) is 48.5 Å². The van der Waals surface area contributed by atoms with Crippen molar-refractivity contribution >= 4 is 11.7 Å². The topological polar surface area (TPSA) is 67.9 Å². The van der Waals surface area contributed by atoms with Gasteiger partial charge in [-0.1, -0.05) is 44.2 Å². The molecular weight excluding hydrogens is 500 g/mol. The minimum atomic E-state index is 0.0729. The molecule has 1 amide bonds. The number of nitrogens with zero attached hydrogens (tertiary/aromatic N) is 1. The van der Waals surface area contributed by atoms with Gasteiger partial charge in [-0.25, -0.2) is 0 Å². The van der Waals surface area contributed by atoms with Crippen molar-refractivity contribution in [2.75, 3.05) is 33.4 Å². The summed E-state index contributed by atoms with van der Waals surface area (Å²) >= 11 is 0. The molecule has 1 saturated heterocycles. The van der Waals surface area contributed by atoms with E-state index in [1.165, 1.54) is 50.5 Å². The van der Waals surface area contributed by atoms with Crippen molar-refractivity contribution in [3.8, 4) is 11.5 Å². The van der Waals surface area contributed by atoms with Crippen LogP contribution < -0.4 is 14.8 Å². The molecule has 2 aromatic carbocycles. The Morgan fingerprint density at radius 1 is 0.875 bits per heavy atom. The Morgan fingerprint density at radius 2 is 1.55 bits per heavy atom. The van der Waals surface area contributed by atoms with Crippen LogP contribution in [-0.2, 0) is 11.2 Å². The summed E-state index contributed by atoms with van der Waals surface area (Å²) < 4.78 is 11.2. The van der Waals surface area contributed by atoms with E-state index in [0.717, 1.165) is 56.5 Å². The first-order valence-electron chi connectivity index (χ1n) is 15.5. The molecule has 6 heteroatoms. The van der Waals surface area contributed by atoms with Gasteiger partial charge in [0.15, 0.2) is 5.78 Å². The third-order valence-corrected chi connectivity index (χ3v) is 8.44. The van der Waals surface area contributed by atoms with E-state index in [1.54, 1.807) is 31.4 Å². The highest BCUT2D eigenvalue weighted by atomic mass is 16.5. The number of hydrogen-bond acceptors (Lipinski definition) is 5. The lowest BCUT2D eigenvalue weighted by molar-refractivity contribution is -0.122. The fourth-order valence-electron chi connectivity index (χ4n) is 6.06. The number of carbonyl (C=O) groups excluding carboxylic acids is 2. The van der Waals surface area contributed by atoms with Crippen LogP contribution in [-0.4, -0.2) is 56.0 Å². The van der Waals surface area contributed by atoms with Gasteiger partial charge < -0.3 is 19.7 Å². The van der Waals surface area contributed by atoms with Crippen molar-refractivity contribution in [2.45, 2.75) is 89.5 Å². The second kappa shape index (κ2) is 16.4. The Kier molecular flexibility index (Phi) is 12.4. The molecule has 6 nitrogen and oxygen atoms in total. The molecule has 1 aliphatic heterocycles. The van der Waals surface area contributed by atoms with Crippen molar-refractivity contribution in [1.82, 2.24) is 10.2 Å². The molecule has 1 saturated carbocycles. The maximum absolute atomic E-state index is 12.9. The predicted octanol–water partition coefficient (Wildman–Crippen LogP) is 6.61. The largest absolute Gasteiger partial charge is 0.497 e. The average Bonchev–Trinajstić information content (AvgIpc) is 3.50. The van der Waals surface area contributed by atoms with Crippen LogP contribution in [0.4, 0.5) is 0 Å². The van der Waals surface area contributed by atoms with Gasteiger partial charge in [0, 0.05) is 31.0 Å². The second-order valence-electron chi connectivity index (χ2n) is 11.6. The maximum Gasteiger partial charge on any atom is 0.220 e. The summed E-state index contributed by atoms with van der Waals surface area (Å²) in [6, 6.07) is 15.7. The van der Waals surface area contributed by atoms with Crippen LogP contribution in [0.2, 0.25) is 0 Å². The Labute approximate surface area is 240 Å². The van der Waals surface area contributed by atoms with Gasteiger partial charge in [-0.15, -0.1) is 0 Å². The molecule has 0 radical (unpaired) electrons. The van der Waals surface area contributed by atoms with Crippen LogP contribution in [0.25, 0.3) is 0 Å². The number of methoxy groups -OCH3 is 1. The summed E-state index contributed by atoms with van der Waals surface area (Å²) in [5.41, 5.74) is 1.91. The molecule has 1 atom stereocenters. The molecule has 218 valence electrons. The summed E-state index contributed by atoms with van der Waals surface area (Å²) in [6.45, 7) is 3.88. The van der Waals surface area contributed by atoms with Gasteiger partial charge >= 0.3 is 0 Å². The lowest BCUT2D eigenvalue weighted by atomic mass is 9.87. The van der Waals surface area contributed by atoms with Gasteiger partial charge in [0.05, 0.1) is 13.7 Å². The molecule has 0 bridgehead atoms. The number of unbranched alkanes of at least 4 members (excludes halogenated alkanes) is 1. The molecule has 2 aromatic rings. The minimum Gasteiger partial charge on any atom is -0.497 e. The molecule has 0 aromatic heterocycles. The SMILES string of the molecule is COc1ccc(C(=O)CCCCC(=O)N[C@@H](Cc2ccc(OCCC3CCCCC3)cc2)CN2CCCC2)cc1. The van der Waals surface area contributed by atoms with Gasteiger partial charge in [0.1, 0.15) is 11.5 Å². The Morgan fingerprint density at radius 3 is 2.25 bits per heavy atom. The molecule has 1 N–H and O–H groups in total. The first kappa shape index (κ1) is 30.1. The number of carbonyl (C=O) groups is 2. The van der Waals surface area contributed by atoms with Crippen molar-refractivity contribution in [3.63, 3.8) is 0 Å². The zero-order valence-corrected chi connectivity index (χ0v) is 24.4. The van der Waals surface area contributed by atoms with E-state index in [-0.39, 0.29) is 17.7 Å². The van der Waals surface area contributed by atoms with Gasteiger partial charge in [0.2, 0.25) is 5.91 Å². The van der Waals surface area contributed by atoms with Crippen LogP contribution in [0.5, 0.6) is 11.5 Å². The van der Waals surface area contributed by atoms with E-state index in [2.05, 4.69) is 34.5 Å². The average molecular weight is 549 g/mol. The zero-order chi connectivity index (χ0) is 28.0. The Hall–Kier alpha value is -2.86. The summed E-state index contributed by atoms with van der Waals surface area (Å²) in [5.74, 6) is 2.69. The number of amides is 1. The number of ether oxygens (including phenoxy) is 2. The minimum absolute atomic E-state index is 0.0729. The zero-order valence-electron chi connectivity index (χ0n) is 24.4. The lowest BCUT2D eigenvalue weighted by Crippen LogP contribution is -2.44. The summed E-state index contributed by atoms with van der Waals surface area (Å²) in [5, 5.41) is 3.30. The first-order chi connectivity index (χ1) is 19.6. The number of benzene rings is 2. The third kappa shape index (κ3) is 10.3. The van der Waals surface area contributed by atoms with Crippen LogP contribution in [0.3, 0.4) is 0 Å². The number of Topliss-reactive ketones (excluding diaryl/α,β-unsaturated/α-hetero) is 1. The van der Waals surface area contributed by atoms with Gasteiger partial charge in [-0.2, -0.15) is 0 Å². The van der Waals surface area contributed by atoms with E-state index in [4.69, 9.17) is 9.47 Å². The first-order valence-corrected chi connectivity index (χ1v) is 15.5. The summed E-state index contributed by atoms with van der Waals surface area (Å²) in [4.78, 5) is 27.8. The monoisotopic (exact) mass is 548 g/mol. The number of likely N-dealkylation sites (tertiary alicyclic amines) is 1. The lowest BCUT2D eigenvalue weighted by Gasteiger charge is -2.25. The normalized spacial score (nSPS) is 16.9. The summed E-state index contributed by atoms with van der Waals surface area (Å²) in [7, 11) is 1.61. The van der Waals surface area contributed by atoms with Crippen LogP contribution >= 0.6 is 0 Å². The molecule has 4 rings (SSSR count). The smallest absolute Gasteiger partial charge is 0.220 e. The number of hydrogen-bond donors (Lipinski definition) is 1. The van der Waals surface area contributed by atoms with E-state index in [0.29, 0.717) is 31.2 Å². The second-order valence-corrected chi connectivity index (χ2v) is 11.6. The molecule has 40 heavy (non-hydrogen) atoms. The van der Waals surface area contributed by atoms with Crippen molar-refractivity contribution < 1.29 is 19.1 Å². The standard InChI is InChI=1S/C34H48N2O4/c1-39-31-19-15-29(16-20-31)33(37)11-5-6-12-34(38)35-30(26-36-22-7-8-23-36)25-28-13-17-32(18-14-28)40-24-21-27-9-3-2-4-10-27/h13-20,27,30H,2-12,21-26H2,1H3,(H,35,38)/t30-/m0/s1. The van der Waals surface area contributed by atoms with Gasteiger partial charge in [0.25, 0.3) is 0 Å². The van der Waals surface area contributed by atoms with E-state index >= 15 is 0 Å². The van der Waals surface area contributed by atoms with Crippen LogP contribution in [0.1, 0.15) is 93.0 Å². The highest BCUT2D eigenvalue weighted by molar-refractivity contribution is 5.96. The Balaban J connectivity index is 1.20.